The molecule has 2 N–H and O–H groups in total. The number of nitrogens with one attached hydrogen (secondary N) is 1. The molecule has 1 aromatic rings. The number of aromatic nitrogens is 1. The molecule has 116 valence electrons. The molecule has 1 unspecified atom stereocenters. The Morgan fingerprint density at radius 1 is 1.48 bits per heavy atom. The summed E-state index contributed by atoms with van der Waals surface area (Å²) in [4.78, 5) is 25.6. The van der Waals surface area contributed by atoms with E-state index in [1.165, 1.54) is 10.6 Å². The lowest BCUT2D eigenvalue weighted by molar-refractivity contribution is 0.0117. The predicted octanol–water partition coefficient (Wildman–Crippen LogP) is 1.46. The molecule has 0 radical (unpaired) electrons. The predicted molar refractivity (Wildman–Crippen MR) is 81.5 cm³/mol. The van der Waals surface area contributed by atoms with Gasteiger partial charge in [-0.1, -0.05) is 0 Å². The number of amides is 2. The average Bonchev–Trinajstić information content (AvgIpc) is 2.85. The molecule has 0 aromatic carbocycles. The van der Waals surface area contributed by atoms with Crippen LogP contribution >= 0.6 is 0 Å². The van der Waals surface area contributed by atoms with Crippen molar-refractivity contribution < 1.29 is 9.90 Å². The largest absolute Gasteiger partial charge is 0.388 e. The van der Waals surface area contributed by atoms with Crippen molar-refractivity contribution in [2.45, 2.75) is 45.3 Å². The molecule has 1 fully saturated rings. The number of hydrogen-bond donors (Lipinski definition) is 2. The lowest BCUT2D eigenvalue weighted by Crippen LogP contribution is -2.49. The first-order valence-electron chi connectivity index (χ1n) is 7.17. The van der Waals surface area contributed by atoms with Crippen molar-refractivity contribution >= 4 is 11.7 Å². The molecular formula is C15H23N3O3. The van der Waals surface area contributed by atoms with Crippen molar-refractivity contribution in [3.8, 4) is 0 Å². The number of aliphatic hydroxyl groups is 1. The smallest absolute Gasteiger partial charge is 0.322 e. The number of anilines is 1. The summed E-state index contributed by atoms with van der Waals surface area (Å²) in [6.07, 6.45) is 3.29. The number of carbonyl (C=O) groups is 1. The fraction of sp³-hybridized carbons (Fsp3) is 0.600. The third kappa shape index (κ3) is 3.26. The molecule has 2 rings (SSSR count). The Morgan fingerprint density at radius 3 is 2.76 bits per heavy atom. The highest BCUT2D eigenvalue weighted by Gasteiger charge is 2.38. The second-order valence-corrected chi connectivity index (χ2v) is 6.25. The van der Waals surface area contributed by atoms with E-state index in [1.54, 1.807) is 38.9 Å². The minimum atomic E-state index is -0.924. The molecule has 1 aromatic heterocycles. The lowest BCUT2D eigenvalue weighted by Gasteiger charge is -2.33. The summed E-state index contributed by atoms with van der Waals surface area (Å²) < 4.78 is 1.43. The number of pyridine rings is 1. The van der Waals surface area contributed by atoms with Crippen LogP contribution in [0.25, 0.3) is 0 Å². The van der Waals surface area contributed by atoms with Gasteiger partial charge in [0.2, 0.25) is 0 Å². The number of urea groups is 1. The van der Waals surface area contributed by atoms with Crippen LogP contribution in [0.2, 0.25) is 0 Å². The normalized spacial score (nSPS) is 18.9. The van der Waals surface area contributed by atoms with Crippen molar-refractivity contribution in [1.82, 2.24) is 9.47 Å². The summed E-state index contributed by atoms with van der Waals surface area (Å²) in [7, 11) is 1.65. The Balaban J connectivity index is 2.18. The van der Waals surface area contributed by atoms with Crippen LogP contribution in [0.5, 0.6) is 0 Å². The maximum Gasteiger partial charge on any atom is 0.322 e. The van der Waals surface area contributed by atoms with Gasteiger partial charge in [0.1, 0.15) is 0 Å². The molecule has 6 heteroatoms. The van der Waals surface area contributed by atoms with Gasteiger partial charge < -0.3 is 19.9 Å². The third-order valence-electron chi connectivity index (χ3n) is 4.01. The molecule has 6 nitrogen and oxygen atoms in total. The summed E-state index contributed by atoms with van der Waals surface area (Å²) in [6.45, 7) is 5.86. The summed E-state index contributed by atoms with van der Waals surface area (Å²) >= 11 is 0. The van der Waals surface area contributed by atoms with E-state index in [1.807, 2.05) is 0 Å². The molecule has 0 aliphatic carbocycles. The first-order chi connectivity index (χ1) is 9.70. The fourth-order valence-corrected chi connectivity index (χ4v) is 2.79. The van der Waals surface area contributed by atoms with Crippen LogP contribution in [0.15, 0.2) is 17.1 Å². The zero-order chi connectivity index (χ0) is 15.8. The number of aryl methyl sites for hydroxylation is 2. The Kier molecular flexibility index (Phi) is 4.09. The van der Waals surface area contributed by atoms with E-state index in [0.29, 0.717) is 12.2 Å². The molecule has 1 atom stereocenters. The van der Waals surface area contributed by atoms with Crippen LogP contribution < -0.4 is 10.9 Å². The summed E-state index contributed by atoms with van der Waals surface area (Å²) in [5.41, 5.74) is 0.307. The van der Waals surface area contributed by atoms with Crippen LogP contribution in [0.1, 0.15) is 32.3 Å². The fourth-order valence-electron chi connectivity index (χ4n) is 2.79. The van der Waals surface area contributed by atoms with Crippen LogP contribution in [0.4, 0.5) is 10.5 Å². The van der Waals surface area contributed by atoms with Crippen LogP contribution in [0, 0.1) is 6.92 Å². The maximum absolute atomic E-state index is 12.4. The van der Waals surface area contributed by atoms with Crippen LogP contribution in [-0.2, 0) is 7.05 Å². The SMILES string of the molecule is Cc1cc(=O)n(C)cc1NC(=O)N1CCCC1C(C)(C)O. The van der Waals surface area contributed by atoms with Crippen molar-refractivity contribution in [2.24, 2.45) is 7.05 Å². The molecule has 21 heavy (non-hydrogen) atoms. The van der Waals surface area contributed by atoms with Crippen LogP contribution in [-0.4, -0.2) is 38.8 Å². The van der Waals surface area contributed by atoms with Gasteiger partial charge in [-0.05, 0) is 39.2 Å². The highest BCUT2D eigenvalue weighted by molar-refractivity contribution is 5.90. The van der Waals surface area contributed by atoms with E-state index in [4.69, 9.17) is 0 Å². The topological polar surface area (TPSA) is 74.6 Å². The Labute approximate surface area is 124 Å². The second-order valence-electron chi connectivity index (χ2n) is 6.25. The van der Waals surface area contributed by atoms with Gasteiger partial charge in [-0.25, -0.2) is 4.79 Å². The van der Waals surface area contributed by atoms with E-state index in [-0.39, 0.29) is 17.6 Å². The van der Waals surface area contributed by atoms with Gasteiger partial charge in [0.25, 0.3) is 5.56 Å². The minimum Gasteiger partial charge on any atom is -0.388 e. The summed E-state index contributed by atoms with van der Waals surface area (Å²) in [5, 5.41) is 13.0. The first kappa shape index (κ1) is 15.6. The standard InChI is InChI=1S/C15H23N3O3/c1-10-8-13(19)17(4)9-11(10)16-14(20)18-7-5-6-12(18)15(2,3)21/h8-9,12,21H,5-7H2,1-4H3,(H,16,20). The van der Waals surface area contributed by atoms with E-state index < -0.39 is 5.60 Å². The quantitative estimate of drug-likeness (QED) is 0.867. The van der Waals surface area contributed by atoms with Gasteiger partial charge in [-0.2, -0.15) is 0 Å². The van der Waals surface area contributed by atoms with Crippen molar-refractivity contribution in [3.63, 3.8) is 0 Å². The molecule has 1 aliphatic rings. The van der Waals surface area contributed by atoms with Crippen LogP contribution in [0.3, 0.4) is 0 Å². The van der Waals surface area contributed by atoms with Crippen molar-refractivity contribution in [1.29, 1.82) is 0 Å². The molecule has 0 spiro atoms. The molecule has 2 amide bonds. The van der Waals surface area contributed by atoms with Gasteiger partial charge in [0.15, 0.2) is 0 Å². The lowest BCUT2D eigenvalue weighted by atomic mass is 9.97. The molecular weight excluding hydrogens is 270 g/mol. The maximum atomic E-state index is 12.4. The Morgan fingerprint density at radius 2 is 2.14 bits per heavy atom. The molecule has 1 saturated heterocycles. The summed E-state index contributed by atoms with van der Waals surface area (Å²) in [6, 6.07) is 1.07. The summed E-state index contributed by atoms with van der Waals surface area (Å²) in [5.74, 6) is 0. The highest BCUT2D eigenvalue weighted by atomic mass is 16.3. The van der Waals surface area contributed by atoms with Gasteiger partial charge in [0, 0.05) is 25.9 Å². The number of likely N-dealkylation sites (tertiary alicyclic amines) is 1. The molecule has 1 aliphatic heterocycles. The van der Waals surface area contributed by atoms with E-state index >= 15 is 0 Å². The van der Waals surface area contributed by atoms with Gasteiger partial charge in [-0.3, -0.25) is 4.79 Å². The van der Waals surface area contributed by atoms with E-state index in [9.17, 15) is 14.7 Å². The number of hydrogen-bond acceptors (Lipinski definition) is 3. The van der Waals surface area contributed by atoms with Crippen molar-refractivity contribution in [2.75, 3.05) is 11.9 Å². The Hall–Kier alpha value is -1.82. The van der Waals surface area contributed by atoms with Gasteiger partial charge in [0.05, 0.1) is 17.3 Å². The molecule has 2 heterocycles. The van der Waals surface area contributed by atoms with E-state index in [0.717, 1.165) is 18.4 Å². The minimum absolute atomic E-state index is 0.110. The zero-order valence-electron chi connectivity index (χ0n) is 13.0. The van der Waals surface area contributed by atoms with E-state index in [2.05, 4.69) is 5.32 Å². The van der Waals surface area contributed by atoms with Crippen molar-refractivity contribution in [3.05, 3.63) is 28.2 Å². The number of nitrogens with zero attached hydrogens (tertiary/aromatic N) is 2. The third-order valence-corrected chi connectivity index (χ3v) is 4.01. The number of rotatable bonds is 2. The Bertz CT molecular complexity index is 601. The first-order valence-corrected chi connectivity index (χ1v) is 7.17. The second kappa shape index (κ2) is 5.52. The molecule has 0 saturated carbocycles. The number of carbonyl (C=O) groups excluding carboxylic acids is 1. The zero-order valence-corrected chi connectivity index (χ0v) is 13.0. The average molecular weight is 293 g/mol. The highest BCUT2D eigenvalue weighted by Crippen LogP contribution is 2.27. The monoisotopic (exact) mass is 293 g/mol. The van der Waals surface area contributed by atoms with Gasteiger partial charge in [-0.15, -0.1) is 0 Å². The van der Waals surface area contributed by atoms with Gasteiger partial charge >= 0.3 is 6.03 Å². The molecule has 0 bridgehead atoms.